The number of rotatable bonds is 4. The normalized spacial score (nSPS) is 16.0. The summed E-state index contributed by atoms with van der Waals surface area (Å²) in [4.78, 5) is 25.4. The first-order valence-electron chi connectivity index (χ1n) is 7.82. The zero-order chi connectivity index (χ0) is 18.7. The van der Waals surface area contributed by atoms with Gasteiger partial charge in [0.05, 0.1) is 11.3 Å². The molecule has 0 aliphatic carbocycles. The van der Waals surface area contributed by atoms with E-state index >= 15 is 0 Å². The summed E-state index contributed by atoms with van der Waals surface area (Å²) in [7, 11) is 0. The second kappa shape index (κ2) is 8.03. The number of thioether (sulfide) groups is 1. The number of carbonyl (C=O) groups is 2. The molecule has 132 valence electrons. The summed E-state index contributed by atoms with van der Waals surface area (Å²) in [5.74, 6) is -0.619. The number of benzene rings is 2. The molecule has 26 heavy (non-hydrogen) atoms. The van der Waals surface area contributed by atoms with Crippen molar-refractivity contribution in [1.29, 1.82) is 0 Å². The average molecular weight is 403 g/mol. The standard InChI is InChI=1S/C19H15ClN2O2S2/c1-12(14-7-9-15(20)10-8-14)17-18(24)22(19(25)26-17)21-16(23)11-13-5-3-2-4-6-13/h2-10H,11H2,1H3,(H,21,23)/b17-12-. The summed E-state index contributed by atoms with van der Waals surface area (Å²) >= 11 is 12.4. The highest BCUT2D eigenvalue weighted by Gasteiger charge is 2.35. The third-order valence-corrected chi connectivity index (χ3v) is 5.56. The molecule has 0 aromatic heterocycles. The fourth-order valence-electron chi connectivity index (χ4n) is 2.47. The molecule has 1 aliphatic rings. The van der Waals surface area contributed by atoms with Gasteiger partial charge < -0.3 is 0 Å². The van der Waals surface area contributed by atoms with Gasteiger partial charge in [-0.15, -0.1) is 0 Å². The van der Waals surface area contributed by atoms with E-state index < -0.39 is 0 Å². The van der Waals surface area contributed by atoms with Crippen molar-refractivity contribution in [3.8, 4) is 0 Å². The smallest absolute Gasteiger partial charge is 0.273 e. The van der Waals surface area contributed by atoms with Crippen LogP contribution in [0.2, 0.25) is 5.02 Å². The number of halogens is 1. The van der Waals surface area contributed by atoms with Crippen molar-refractivity contribution in [3.63, 3.8) is 0 Å². The minimum Gasteiger partial charge on any atom is -0.273 e. The predicted octanol–water partition coefficient (Wildman–Crippen LogP) is 4.21. The van der Waals surface area contributed by atoms with Crippen LogP contribution in [0.15, 0.2) is 59.5 Å². The van der Waals surface area contributed by atoms with E-state index in [1.807, 2.05) is 49.4 Å². The molecule has 1 aliphatic heterocycles. The molecule has 0 spiro atoms. The molecule has 0 saturated carbocycles. The SMILES string of the molecule is C/C(=C1/SC(=S)N(NC(=O)Cc2ccccc2)C1=O)c1ccc(Cl)cc1. The highest BCUT2D eigenvalue weighted by atomic mass is 35.5. The molecule has 0 radical (unpaired) electrons. The largest absolute Gasteiger partial charge is 0.285 e. The van der Waals surface area contributed by atoms with Crippen LogP contribution < -0.4 is 5.43 Å². The van der Waals surface area contributed by atoms with Crippen molar-refractivity contribution in [2.24, 2.45) is 0 Å². The van der Waals surface area contributed by atoms with Gasteiger partial charge in [0.2, 0.25) is 5.91 Å². The lowest BCUT2D eigenvalue weighted by atomic mass is 10.1. The molecule has 4 nitrogen and oxygen atoms in total. The molecule has 0 unspecified atom stereocenters. The number of nitrogens with one attached hydrogen (secondary N) is 1. The van der Waals surface area contributed by atoms with Crippen LogP contribution in [0, 0.1) is 0 Å². The van der Waals surface area contributed by atoms with Crippen molar-refractivity contribution in [2.45, 2.75) is 13.3 Å². The highest BCUT2D eigenvalue weighted by molar-refractivity contribution is 8.26. The Morgan fingerprint density at radius 2 is 1.81 bits per heavy atom. The number of hydrazine groups is 1. The Hall–Kier alpha value is -2.15. The lowest BCUT2D eigenvalue weighted by Gasteiger charge is -2.15. The first kappa shape index (κ1) is 18.6. The van der Waals surface area contributed by atoms with Crippen LogP contribution in [-0.4, -0.2) is 21.1 Å². The maximum atomic E-state index is 12.7. The number of carbonyl (C=O) groups excluding carboxylic acids is 2. The quantitative estimate of drug-likeness (QED) is 0.615. The monoisotopic (exact) mass is 402 g/mol. The van der Waals surface area contributed by atoms with Gasteiger partial charge in [0, 0.05) is 5.02 Å². The van der Waals surface area contributed by atoms with Gasteiger partial charge in [0.25, 0.3) is 5.91 Å². The van der Waals surface area contributed by atoms with Crippen LogP contribution in [0.5, 0.6) is 0 Å². The van der Waals surface area contributed by atoms with Crippen LogP contribution in [0.4, 0.5) is 0 Å². The highest BCUT2D eigenvalue weighted by Crippen LogP contribution is 2.35. The molecule has 0 bridgehead atoms. The van der Waals surface area contributed by atoms with E-state index in [0.29, 0.717) is 14.2 Å². The lowest BCUT2D eigenvalue weighted by Crippen LogP contribution is -2.45. The maximum Gasteiger partial charge on any atom is 0.285 e. The summed E-state index contributed by atoms with van der Waals surface area (Å²) in [5.41, 5.74) is 5.13. The van der Waals surface area contributed by atoms with E-state index in [-0.39, 0.29) is 18.2 Å². The molecule has 2 aromatic carbocycles. The first-order chi connectivity index (χ1) is 12.5. The number of thiocarbonyl (C=S) groups is 1. The summed E-state index contributed by atoms with van der Waals surface area (Å²) in [6.07, 6.45) is 0.174. The minimum atomic E-state index is -0.325. The number of amides is 2. The molecule has 1 fully saturated rings. The zero-order valence-corrected chi connectivity index (χ0v) is 16.3. The summed E-state index contributed by atoms with van der Waals surface area (Å²) < 4.78 is 0.305. The van der Waals surface area contributed by atoms with E-state index in [1.165, 1.54) is 11.8 Å². The van der Waals surface area contributed by atoms with Crippen molar-refractivity contribution in [1.82, 2.24) is 10.4 Å². The van der Waals surface area contributed by atoms with Crippen LogP contribution in [0.3, 0.4) is 0 Å². The Morgan fingerprint density at radius 1 is 1.15 bits per heavy atom. The van der Waals surface area contributed by atoms with E-state index in [4.69, 9.17) is 23.8 Å². The lowest BCUT2D eigenvalue weighted by molar-refractivity contribution is -0.132. The number of allylic oxidation sites excluding steroid dienone is 1. The van der Waals surface area contributed by atoms with E-state index in [9.17, 15) is 9.59 Å². The molecular weight excluding hydrogens is 388 g/mol. The Bertz CT molecular complexity index is 896. The molecule has 2 aromatic rings. The fourth-order valence-corrected chi connectivity index (χ4v) is 3.82. The summed E-state index contributed by atoms with van der Waals surface area (Å²) in [5, 5.41) is 1.77. The third kappa shape index (κ3) is 4.15. The number of hydrogen-bond donors (Lipinski definition) is 1. The van der Waals surface area contributed by atoms with E-state index in [0.717, 1.165) is 21.7 Å². The average Bonchev–Trinajstić information content (AvgIpc) is 2.91. The van der Waals surface area contributed by atoms with Gasteiger partial charge in [-0.3, -0.25) is 15.0 Å². The second-order valence-corrected chi connectivity index (χ2v) is 7.75. The number of hydrogen-bond acceptors (Lipinski definition) is 4. The molecule has 2 amide bonds. The van der Waals surface area contributed by atoms with Gasteiger partial charge >= 0.3 is 0 Å². The van der Waals surface area contributed by atoms with Gasteiger partial charge in [-0.25, -0.2) is 0 Å². The molecule has 1 saturated heterocycles. The Labute approximate surface area is 166 Å². The Kier molecular flexibility index (Phi) is 5.76. The Balaban J connectivity index is 1.75. The van der Waals surface area contributed by atoms with Gasteiger partial charge in [-0.05, 0) is 48.0 Å². The summed E-state index contributed by atoms with van der Waals surface area (Å²) in [6.45, 7) is 1.85. The maximum absolute atomic E-state index is 12.7. The van der Waals surface area contributed by atoms with E-state index in [2.05, 4.69) is 5.43 Å². The van der Waals surface area contributed by atoms with E-state index in [1.54, 1.807) is 12.1 Å². The number of nitrogens with zero attached hydrogens (tertiary/aromatic N) is 1. The van der Waals surface area contributed by atoms with Crippen LogP contribution in [-0.2, 0) is 16.0 Å². The van der Waals surface area contributed by atoms with Gasteiger partial charge in [-0.1, -0.05) is 65.8 Å². The van der Waals surface area contributed by atoms with Gasteiger partial charge in [-0.2, -0.15) is 5.01 Å². The van der Waals surface area contributed by atoms with Crippen molar-refractivity contribution in [2.75, 3.05) is 0 Å². The minimum absolute atomic E-state index is 0.174. The predicted molar refractivity (Wildman–Crippen MR) is 109 cm³/mol. The topological polar surface area (TPSA) is 49.4 Å². The second-order valence-electron chi connectivity index (χ2n) is 5.67. The Morgan fingerprint density at radius 3 is 2.46 bits per heavy atom. The van der Waals surface area contributed by atoms with Crippen molar-refractivity contribution >= 4 is 57.3 Å². The summed E-state index contributed by atoms with van der Waals surface area (Å²) in [6, 6.07) is 16.5. The van der Waals surface area contributed by atoms with Crippen LogP contribution in [0.25, 0.3) is 5.57 Å². The van der Waals surface area contributed by atoms with Crippen LogP contribution >= 0.6 is 35.6 Å². The third-order valence-electron chi connectivity index (χ3n) is 3.83. The molecule has 7 heteroatoms. The molecular formula is C19H15ClN2O2S2. The zero-order valence-electron chi connectivity index (χ0n) is 13.9. The molecule has 3 rings (SSSR count). The fraction of sp³-hybridized carbons (Fsp3) is 0.105. The molecule has 0 atom stereocenters. The van der Waals surface area contributed by atoms with Crippen LogP contribution in [0.1, 0.15) is 18.1 Å². The molecule has 1 N–H and O–H groups in total. The van der Waals surface area contributed by atoms with Gasteiger partial charge in [0.1, 0.15) is 0 Å². The van der Waals surface area contributed by atoms with Gasteiger partial charge in [0.15, 0.2) is 4.32 Å². The molecule has 1 heterocycles. The van der Waals surface area contributed by atoms with Crippen molar-refractivity contribution < 1.29 is 9.59 Å². The first-order valence-corrected chi connectivity index (χ1v) is 9.42. The van der Waals surface area contributed by atoms with Crippen molar-refractivity contribution in [3.05, 3.63) is 75.7 Å².